The molecule has 2 aliphatic heterocycles. The molecule has 2 bridgehead atoms. The first-order valence-corrected chi connectivity index (χ1v) is 7.26. The van der Waals surface area contributed by atoms with E-state index in [0.29, 0.717) is 25.0 Å². The standard InChI is InChI=1S/C15H22N2O3/c1-20-10-13(18)9-16-6-11-5-12(8-16)14-3-2-4-15(19)17(14)7-11/h2-4,11-13,18H,5-10H2,1H3/t11-,12+,13+/m0/s1. The number of ether oxygens (including phenoxy) is 1. The third-order valence-electron chi connectivity index (χ3n) is 4.38. The van der Waals surface area contributed by atoms with E-state index >= 15 is 0 Å². The second-order valence-corrected chi connectivity index (χ2v) is 6.03. The fourth-order valence-electron chi connectivity index (χ4n) is 3.69. The van der Waals surface area contributed by atoms with Gasteiger partial charge in [0, 0.05) is 51.0 Å². The molecule has 0 amide bonds. The maximum atomic E-state index is 11.9. The molecule has 1 saturated heterocycles. The maximum absolute atomic E-state index is 11.9. The van der Waals surface area contributed by atoms with Gasteiger partial charge in [0.15, 0.2) is 0 Å². The van der Waals surface area contributed by atoms with E-state index in [-0.39, 0.29) is 5.56 Å². The van der Waals surface area contributed by atoms with Crippen LogP contribution in [0.3, 0.4) is 0 Å². The van der Waals surface area contributed by atoms with Gasteiger partial charge < -0.3 is 14.4 Å². The summed E-state index contributed by atoms with van der Waals surface area (Å²) in [5.74, 6) is 0.919. The fourth-order valence-corrected chi connectivity index (χ4v) is 3.69. The Bertz CT molecular complexity index is 528. The van der Waals surface area contributed by atoms with Crippen molar-refractivity contribution in [3.05, 3.63) is 34.2 Å². The zero-order valence-corrected chi connectivity index (χ0v) is 11.9. The third kappa shape index (κ3) is 2.66. The number of hydrogen-bond donors (Lipinski definition) is 1. The van der Waals surface area contributed by atoms with Crippen LogP contribution in [0.4, 0.5) is 0 Å². The van der Waals surface area contributed by atoms with Gasteiger partial charge in [0.1, 0.15) is 0 Å². The van der Waals surface area contributed by atoms with Gasteiger partial charge in [0.05, 0.1) is 12.7 Å². The van der Waals surface area contributed by atoms with E-state index in [1.807, 2.05) is 10.6 Å². The number of nitrogens with zero attached hydrogens (tertiary/aromatic N) is 2. The molecule has 1 aromatic heterocycles. The van der Waals surface area contributed by atoms with E-state index < -0.39 is 6.10 Å². The van der Waals surface area contributed by atoms with Crippen molar-refractivity contribution in [1.82, 2.24) is 9.47 Å². The Kier molecular flexibility index (Phi) is 3.92. The predicted octanol–water partition coefficient (Wildman–Crippen LogP) is 0.275. The smallest absolute Gasteiger partial charge is 0.250 e. The Morgan fingerprint density at radius 1 is 1.40 bits per heavy atom. The van der Waals surface area contributed by atoms with Gasteiger partial charge in [-0.25, -0.2) is 0 Å². The van der Waals surface area contributed by atoms with Gasteiger partial charge in [-0.15, -0.1) is 0 Å². The fraction of sp³-hybridized carbons (Fsp3) is 0.667. The number of likely N-dealkylation sites (tertiary alicyclic amines) is 1. The Hall–Kier alpha value is -1.17. The summed E-state index contributed by atoms with van der Waals surface area (Å²) in [6.45, 7) is 3.71. The molecule has 3 heterocycles. The number of hydrogen-bond acceptors (Lipinski definition) is 4. The van der Waals surface area contributed by atoms with Crippen molar-refractivity contribution in [3.63, 3.8) is 0 Å². The number of aliphatic hydroxyl groups is 1. The van der Waals surface area contributed by atoms with Crippen molar-refractivity contribution in [2.45, 2.75) is 25.0 Å². The number of β-amino-alcohol motifs (C(OH)–C–C–N with tert-alkyl or cyclic N) is 1. The Morgan fingerprint density at radius 3 is 3.05 bits per heavy atom. The molecule has 2 aliphatic rings. The van der Waals surface area contributed by atoms with Crippen molar-refractivity contribution < 1.29 is 9.84 Å². The molecule has 1 aromatic rings. The lowest BCUT2D eigenvalue weighted by Crippen LogP contribution is -2.49. The van der Waals surface area contributed by atoms with Crippen LogP contribution in [0.25, 0.3) is 0 Å². The van der Waals surface area contributed by atoms with Crippen LogP contribution < -0.4 is 5.56 Å². The lowest BCUT2D eigenvalue weighted by atomic mass is 9.83. The zero-order valence-electron chi connectivity index (χ0n) is 11.9. The first kappa shape index (κ1) is 13.8. The van der Waals surface area contributed by atoms with Gasteiger partial charge in [-0.2, -0.15) is 0 Å². The van der Waals surface area contributed by atoms with Gasteiger partial charge in [0.25, 0.3) is 5.56 Å². The lowest BCUT2D eigenvalue weighted by Gasteiger charge is -2.43. The van der Waals surface area contributed by atoms with E-state index in [1.54, 1.807) is 13.2 Å². The molecular formula is C15H22N2O3. The van der Waals surface area contributed by atoms with Gasteiger partial charge in [0.2, 0.25) is 0 Å². The molecule has 20 heavy (non-hydrogen) atoms. The summed E-state index contributed by atoms with van der Waals surface area (Å²) in [6, 6.07) is 5.56. The van der Waals surface area contributed by atoms with Crippen LogP contribution in [0.2, 0.25) is 0 Å². The number of aliphatic hydroxyl groups excluding tert-OH is 1. The van der Waals surface area contributed by atoms with E-state index in [0.717, 1.165) is 31.7 Å². The molecule has 3 rings (SSSR count). The lowest BCUT2D eigenvalue weighted by molar-refractivity contribution is 0.0183. The quantitative estimate of drug-likeness (QED) is 0.859. The van der Waals surface area contributed by atoms with Crippen LogP contribution in [-0.4, -0.2) is 54.0 Å². The highest BCUT2D eigenvalue weighted by atomic mass is 16.5. The molecule has 5 nitrogen and oxygen atoms in total. The molecule has 3 atom stereocenters. The number of methoxy groups -OCH3 is 1. The molecule has 0 saturated carbocycles. The van der Waals surface area contributed by atoms with Crippen LogP contribution in [0.5, 0.6) is 0 Å². The Balaban J connectivity index is 1.75. The summed E-state index contributed by atoms with van der Waals surface area (Å²) < 4.78 is 6.92. The molecular weight excluding hydrogens is 256 g/mol. The monoisotopic (exact) mass is 278 g/mol. The van der Waals surface area contributed by atoms with Gasteiger partial charge in [-0.3, -0.25) is 9.69 Å². The first-order valence-electron chi connectivity index (χ1n) is 7.26. The van der Waals surface area contributed by atoms with Crippen molar-refractivity contribution in [3.8, 4) is 0 Å². The molecule has 0 aromatic carbocycles. The summed E-state index contributed by atoms with van der Waals surface area (Å²) in [6.07, 6.45) is 0.720. The van der Waals surface area contributed by atoms with Crippen LogP contribution >= 0.6 is 0 Å². The topological polar surface area (TPSA) is 54.7 Å². The highest BCUT2D eigenvalue weighted by Gasteiger charge is 2.34. The normalized spacial score (nSPS) is 27.1. The molecule has 0 unspecified atom stereocenters. The number of pyridine rings is 1. The minimum absolute atomic E-state index is 0.116. The first-order chi connectivity index (χ1) is 9.67. The summed E-state index contributed by atoms with van der Waals surface area (Å²) in [5, 5.41) is 9.88. The summed E-state index contributed by atoms with van der Waals surface area (Å²) in [5.41, 5.74) is 1.27. The summed E-state index contributed by atoms with van der Waals surface area (Å²) in [7, 11) is 1.61. The molecule has 1 N–H and O–H groups in total. The van der Waals surface area contributed by atoms with Gasteiger partial charge in [-0.05, 0) is 18.4 Å². The Labute approximate surface area is 118 Å². The molecule has 0 radical (unpaired) electrons. The Morgan fingerprint density at radius 2 is 2.25 bits per heavy atom. The zero-order chi connectivity index (χ0) is 14.1. The van der Waals surface area contributed by atoms with Crippen molar-refractivity contribution >= 4 is 0 Å². The molecule has 0 spiro atoms. The van der Waals surface area contributed by atoms with Crippen molar-refractivity contribution in [1.29, 1.82) is 0 Å². The van der Waals surface area contributed by atoms with Crippen molar-refractivity contribution in [2.24, 2.45) is 5.92 Å². The number of rotatable bonds is 4. The van der Waals surface area contributed by atoms with Crippen LogP contribution in [0.15, 0.2) is 23.0 Å². The number of piperidine rings is 1. The largest absolute Gasteiger partial charge is 0.389 e. The summed E-state index contributed by atoms with van der Waals surface area (Å²) >= 11 is 0. The number of aromatic nitrogens is 1. The third-order valence-corrected chi connectivity index (χ3v) is 4.38. The van der Waals surface area contributed by atoms with Crippen LogP contribution in [0.1, 0.15) is 18.0 Å². The highest BCUT2D eigenvalue weighted by molar-refractivity contribution is 5.16. The van der Waals surface area contributed by atoms with E-state index in [1.165, 1.54) is 0 Å². The van der Waals surface area contributed by atoms with E-state index in [9.17, 15) is 9.90 Å². The van der Waals surface area contributed by atoms with Crippen LogP contribution in [0, 0.1) is 5.92 Å². The predicted molar refractivity (Wildman–Crippen MR) is 75.9 cm³/mol. The SMILES string of the molecule is COC[C@H](O)CN1C[C@@H]2C[C@H](C1)c1cccc(=O)n1C2. The minimum atomic E-state index is -0.434. The van der Waals surface area contributed by atoms with Crippen molar-refractivity contribution in [2.75, 3.05) is 33.4 Å². The van der Waals surface area contributed by atoms with E-state index in [2.05, 4.69) is 11.0 Å². The van der Waals surface area contributed by atoms with Gasteiger partial charge in [-0.1, -0.05) is 6.07 Å². The van der Waals surface area contributed by atoms with E-state index in [4.69, 9.17) is 4.74 Å². The summed E-state index contributed by atoms with van der Waals surface area (Å²) in [4.78, 5) is 14.2. The molecule has 0 aliphatic carbocycles. The van der Waals surface area contributed by atoms with Crippen LogP contribution in [-0.2, 0) is 11.3 Å². The highest BCUT2D eigenvalue weighted by Crippen LogP contribution is 2.34. The van der Waals surface area contributed by atoms with Gasteiger partial charge >= 0.3 is 0 Å². The second-order valence-electron chi connectivity index (χ2n) is 6.03. The average Bonchev–Trinajstić information content (AvgIpc) is 2.40. The molecule has 5 heteroatoms. The molecule has 110 valence electrons. The molecule has 1 fully saturated rings. The average molecular weight is 278 g/mol. The second kappa shape index (κ2) is 5.68. The maximum Gasteiger partial charge on any atom is 0.250 e. The number of fused-ring (bicyclic) bond motifs is 4. The minimum Gasteiger partial charge on any atom is -0.389 e.